The van der Waals surface area contributed by atoms with Crippen molar-refractivity contribution in [3.63, 3.8) is 0 Å². The zero-order chi connectivity index (χ0) is 12.4. The Hall–Kier alpha value is -0.260. The second kappa shape index (κ2) is 8.84. The standard InChI is InChI=1S/C11H23NO3S/c1-11(12-2,10(14)15)6-3-4-8-16-9-5-7-13/h12-13H,3-9H2,1-2H3,(H,14,15). The van der Waals surface area contributed by atoms with Crippen LogP contribution in [-0.4, -0.2) is 46.9 Å². The molecule has 0 aliphatic rings. The molecule has 0 saturated heterocycles. The summed E-state index contributed by atoms with van der Waals surface area (Å²) >= 11 is 1.82. The molecule has 1 unspecified atom stereocenters. The lowest BCUT2D eigenvalue weighted by Gasteiger charge is -2.23. The maximum absolute atomic E-state index is 11.0. The van der Waals surface area contributed by atoms with Crippen LogP contribution in [0.15, 0.2) is 0 Å². The fourth-order valence-electron chi connectivity index (χ4n) is 1.29. The van der Waals surface area contributed by atoms with E-state index in [1.165, 1.54) is 0 Å². The fourth-order valence-corrected chi connectivity index (χ4v) is 2.24. The molecule has 0 aliphatic carbocycles. The highest BCUT2D eigenvalue weighted by atomic mass is 32.2. The summed E-state index contributed by atoms with van der Waals surface area (Å²) in [5.74, 6) is 1.24. The van der Waals surface area contributed by atoms with Gasteiger partial charge in [0, 0.05) is 6.61 Å². The van der Waals surface area contributed by atoms with Gasteiger partial charge in [-0.25, -0.2) is 0 Å². The molecule has 0 amide bonds. The number of rotatable bonds is 10. The lowest BCUT2D eigenvalue weighted by Crippen LogP contribution is -2.47. The molecule has 0 aromatic heterocycles. The Labute approximate surface area is 102 Å². The lowest BCUT2D eigenvalue weighted by atomic mass is 9.95. The second-order valence-corrected chi connectivity index (χ2v) is 5.26. The Bertz CT molecular complexity index is 202. The average molecular weight is 249 g/mol. The molecule has 0 aliphatic heterocycles. The summed E-state index contributed by atoms with van der Waals surface area (Å²) in [6.07, 6.45) is 3.43. The van der Waals surface area contributed by atoms with E-state index in [4.69, 9.17) is 10.2 Å². The van der Waals surface area contributed by atoms with E-state index >= 15 is 0 Å². The molecule has 0 heterocycles. The van der Waals surface area contributed by atoms with Gasteiger partial charge in [-0.05, 0) is 44.7 Å². The summed E-state index contributed by atoms with van der Waals surface area (Å²) < 4.78 is 0. The molecule has 0 bridgehead atoms. The first-order chi connectivity index (χ1) is 7.56. The van der Waals surface area contributed by atoms with Crippen LogP contribution < -0.4 is 5.32 Å². The number of carboxylic acid groups (broad SMARTS) is 1. The van der Waals surface area contributed by atoms with Crippen molar-refractivity contribution in [2.75, 3.05) is 25.2 Å². The van der Waals surface area contributed by atoms with Crippen molar-refractivity contribution in [2.24, 2.45) is 0 Å². The first kappa shape index (κ1) is 15.7. The third kappa shape index (κ3) is 6.35. The number of carbonyl (C=O) groups is 1. The van der Waals surface area contributed by atoms with Crippen molar-refractivity contribution in [2.45, 2.75) is 38.1 Å². The summed E-state index contributed by atoms with van der Waals surface area (Å²) in [5, 5.41) is 20.4. The van der Waals surface area contributed by atoms with E-state index in [0.29, 0.717) is 6.42 Å². The maximum atomic E-state index is 11.0. The molecule has 3 N–H and O–H groups in total. The smallest absolute Gasteiger partial charge is 0.323 e. The number of aliphatic carboxylic acids is 1. The molecule has 0 fully saturated rings. The minimum Gasteiger partial charge on any atom is -0.480 e. The number of aliphatic hydroxyl groups excluding tert-OH is 1. The van der Waals surface area contributed by atoms with Gasteiger partial charge in [0.25, 0.3) is 0 Å². The number of aliphatic hydroxyl groups is 1. The molecule has 5 heteroatoms. The molecule has 4 nitrogen and oxygen atoms in total. The minimum absolute atomic E-state index is 0.254. The first-order valence-corrected chi connectivity index (χ1v) is 6.83. The molecule has 0 radical (unpaired) electrons. The third-order valence-electron chi connectivity index (χ3n) is 2.69. The molecule has 0 aromatic carbocycles. The zero-order valence-electron chi connectivity index (χ0n) is 10.2. The molecular weight excluding hydrogens is 226 g/mol. The van der Waals surface area contributed by atoms with E-state index < -0.39 is 11.5 Å². The predicted octanol–water partition coefficient (Wildman–Crippen LogP) is 1.33. The molecule has 1 atom stereocenters. The van der Waals surface area contributed by atoms with Crippen LogP contribution in [0.25, 0.3) is 0 Å². The van der Waals surface area contributed by atoms with Crippen LogP contribution in [0, 0.1) is 0 Å². The average Bonchev–Trinajstić information content (AvgIpc) is 2.27. The number of nitrogens with one attached hydrogen (secondary N) is 1. The minimum atomic E-state index is -0.796. The number of hydrogen-bond donors (Lipinski definition) is 3. The second-order valence-electron chi connectivity index (χ2n) is 4.03. The normalized spacial score (nSPS) is 14.7. The number of carboxylic acids is 1. The van der Waals surface area contributed by atoms with Gasteiger partial charge < -0.3 is 15.5 Å². The van der Waals surface area contributed by atoms with Gasteiger partial charge in [-0.15, -0.1) is 0 Å². The van der Waals surface area contributed by atoms with Crippen LogP contribution in [0.1, 0.15) is 32.6 Å². The van der Waals surface area contributed by atoms with Crippen LogP contribution >= 0.6 is 11.8 Å². The largest absolute Gasteiger partial charge is 0.480 e. The van der Waals surface area contributed by atoms with Crippen LogP contribution in [0.2, 0.25) is 0 Å². The van der Waals surface area contributed by atoms with E-state index in [1.807, 2.05) is 11.8 Å². The SMILES string of the molecule is CNC(C)(CCCCSCCCO)C(=O)O. The van der Waals surface area contributed by atoms with Gasteiger partial charge in [-0.1, -0.05) is 6.42 Å². The van der Waals surface area contributed by atoms with Gasteiger partial charge >= 0.3 is 5.97 Å². The Morgan fingerprint density at radius 3 is 2.44 bits per heavy atom. The van der Waals surface area contributed by atoms with E-state index in [1.54, 1.807) is 14.0 Å². The molecule has 96 valence electrons. The molecular formula is C11H23NO3S. The lowest BCUT2D eigenvalue weighted by molar-refractivity contribution is -0.144. The summed E-state index contributed by atoms with van der Waals surface area (Å²) in [6, 6.07) is 0. The quantitative estimate of drug-likeness (QED) is 0.510. The Morgan fingerprint density at radius 2 is 1.94 bits per heavy atom. The fraction of sp³-hybridized carbons (Fsp3) is 0.909. The number of likely N-dealkylation sites (N-methyl/N-ethyl adjacent to an activating group) is 1. The molecule has 0 spiro atoms. The summed E-state index contributed by atoms with van der Waals surface area (Å²) in [6.45, 7) is 1.97. The van der Waals surface area contributed by atoms with Gasteiger partial charge in [0.1, 0.15) is 5.54 Å². The molecule has 16 heavy (non-hydrogen) atoms. The van der Waals surface area contributed by atoms with Crippen LogP contribution in [0.3, 0.4) is 0 Å². The summed E-state index contributed by atoms with van der Waals surface area (Å²) in [7, 11) is 1.68. The highest BCUT2D eigenvalue weighted by molar-refractivity contribution is 7.99. The van der Waals surface area contributed by atoms with Gasteiger partial charge in [0.2, 0.25) is 0 Å². The van der Waals surface area contributed by atoms with Gasteiger partial charge in [-0.2, -0.15) is 11.8 Å². The predicted molar refractivity (Wildman–Crippen MR) is 68.0 cm³/mol. The number of unbranched alkanes of at least 4 members (excludes halogenated alkanes) is 1. The highest BCUT2D eigenvalue weighted by Gasteiger charge is 2.29. The molecule has 0 aromatic rings. The van der Waals surface area contributed by atoms with Crippen LogP contribution in [0.4, 0.5) is 0 Å². The first-order valence-electron chi connectivity index (χ1n) is 5.67. The molecule has 0 saturated carbocycles. The van der Waals surface area contributed by atoms with Crippen molar-refractivity contribution in [1.29, 1.82) is 0 Å². The van der Waals surface area contributed by atoms with Crippen molar-refractivity contribution in [1.82, 2.24) is 5.32 Å². The monoisotopic (exact) mass is 249 g/mol. The Kier molecular flexibility index (Phi) is 8.70. The van der Waals surface area contributed by atoms with E-state index in [-0.39, 0.29) is 6.61 Å². The van der Waals surface area contributed by atoms with Gasteiger partial charge in [0.15, 0.2) is 0 Å². The van der Waals surface area contributed by atoms with Crippen molar-refractivity contribution >= 4 is 17.7 Å². The summed E-state index contributed by atoms with van der Waals surface area (Å²) in [5.41, 5.74) is -0.796. The van der Waals surface area contributed by atoms with Crippen LogP contribution in [0.5, 0.6) is 0 Å². The van der Waals surface area contributed by atoms with Crippen molar-refractivity contribution in [3.8, 4) is 0 Å². The van der Waals surface area contributed by atoms with E-state index in [9.17, 15) is 4.79 Å². The number of hydrogen-bond acceptors (Lipinski definition) is 4. The van der Waals surface area contributed by atoms with Crippen molar-refractivity contribution < 1.29 is 15.0 Å². The van der Waals surface area contributed by atoms with E-state index in [2.05, 4.69) is 5.32 Å². The van der Waals surface area contributed by atoms with Gasteiger partial charge in [0.05, 0.1) is 0 Å². The number of thioether (sulfide) groups is 1. The topological polar surface area (TPSA) is 69.6 Å². The van der Waals surface area contributed by atoms with Crippen molar-refractivity contribution in [3.05, 3.63) is 0 Å². The highest BCUT2D eigenvalue weighted by Crippen LogP contribution is 2.15. The maximum Gasteiger partial charge on any atom is 0.323 e. The van der Waals surface area contributed by atoms with E-state index in [0.717, 1.165) is 30.8 Å². The third-order valence-corrected chi connectivity index (χ3v) is 3.84. The van der Waals surface area contributed by atoms with Gasteiger partial charge in [-0.3, -0.25) is 4.79 Å². The Morgan fingerprint density at radius 1 is 1.31 bits per heavy atom. The summed E-state index contributed by atoms with van der Waals surface area (Å²) in [4.78, 5) is 11.0. The molecule has 0 rings (SSSR count). The zero-order valence-corrected chi connectivity index (χ0v) is 11.0. The van der Waals surface area contributed by atoms with Crippen LogP contribution in [-0.2, 0) is 4.79 Å². The Balaban J connectivity index is 3.53.